The maximum Gasteiger partial charge on any atom is 0.220 e. The van der Waals surface area contributed by atoms with E-state index >= 15 is 0 Å². The number of aliphatic hydroxyl groups is 1. The van der Waals surface area contributed by atoms with Crippen LogP contribution in [0.3, 0.4) is 0 Å². The molecule has 1 aromatic carbocycles. The molecule has 2 heterocycles. The van der Waals surface area contributed by atoms with Crippen molar-refractivity contribution in [2.45, 2.75) is 51.4 Å². The van der Waals surface area contributed by atoms with Crippen LogP contribution in [0.15, 0.2) is 18.3 Å². The Labute approximate surface area is 173 Å². The number of benzene rings is 1. The third kappa shape index (κ3) is 4.20. The summed E-state index contributed by atoms with van der Waals surface area (Å²) in [4.78, 5) is 12.8. The fraction of sp³-hybridized carbons (Fsp3) is 0.450. The van der Waals surface area contributed by atoms with Gasteiger partial charge in [-0.1, -0.05) is 24.2 Å². The highest BCUT2D eigenvalue weighted by molar-refractivity contribution is 7.22. The van der Waals surface area contributed by atoms with E-state index in [4.69, 9.17) is 20.2 Å². The van der Waals surface area contributed by atoms with Crippen molar-refractivity contribution in [1.82, 2.24) is 15.0 Å². The van der Waals surface area contributed by atoms with Gasteiger partial charge in [-0.05, 0) is 25.8 Å². The van der Waals surface area contributed by atoms with Crippen LogP contribution in [0, 0.1) is 6.92 Å². The Kier molecular flexibility index (Phi) is 5.68. The molecule has 4 rings (SSSR count). The maximum absolute atomic E-state index is 10.3. The van der Waals surface area contributed by atoms with Crippen LogP contribution in [0.1, 0.15) is 36.9 Å². The van der Waals surface area contributed by atoms with Crippen LogP contribution in [0.2, 0.25) is 0 Å². The lowest BCUT2D eigenvalue weighted by atomic mass is 9.93. The summed E-state index contributed by atoms with van der Waals surface area (Å²) in [6.07, 6.45) is 5.25. The molecule has 1 saturated carbocycles. The molecule has 0 amide bonds. The Balaban J connectivity index is 1.60. The van der Waals surface area contributed by atoms with Gasteiger partial charge in [-0.2, -0.15) is 0 Å². The normalized spacial score (nSPS) is 19.3. The average molecular weight is 416 g/mol. The summed E-state index contributed by atoms with van der Waals surface area (Å²) in [7, 11) is 1.62. The molecule has 0 spiro atoms. The molecule has 0 radical (unpaired) electrons. The van der Waals surface area contributed by atoms with E-state index in [1.165, 1.54) is 0 Å². The van der Waals surface area contributed by atoms with E-state index in [1.54, 1.807) is 30.7 Å². The molecule has 29 heavy (non-hydrogen) atoms. The van der Waals surface area contributed by atoms with Crippen LogP contribution in [-0.2, 0) is 6.61 Å². The molecule has 2 aromatic heterocycles. The summed E-state index contributed by atoms with van der Waals surface area (Å²) in [6, 6.07) is 3.65. The first-order valence-electron chi connectivity index (χ1n) is 9.68. The Morgan fingerprint density at radius 1 is 1.28 bits per heavy atom. The number of aryl methyl sites for hydroxylation is 1. The number of aliphatic hydroxyl groups excluding tert-OH is 1. The second-order valence-electron chi connectivity index (χ2n) is 7.20. The van der Waals surface area contributed by atoms with Gasteiger partial charge >= 0.3 is 0 Å². The Morgan fingerprint density at radius 3 is 2.86 bits per heavy atom. The summed E-state index contributed by atoms with van der Waals surface area (Å²) in [5.74, 6) is 1.58. The lowest BCUT2D eigenvalue weighted by Gasteiger charge is -2.27. The number of anilines is 2. The van der Waals surface area contributed by atoms with Crippen LogP contribution in [0.25, 0.3) is 10.2 Å². The number of fused-ring (bicyclic) bond motifs is 1. The van der Waals surface area contributed by atoms with Crippen LogP contribution in [0.4, 0.5) is 11.1 Å². The second-order valence-corrected chi connectivity index (χ2v) is 8.20. The van der Waals surface area contributed by atoms with Gasteiger partial charge in [0.1, 0.15) is 23.6 Å². The zero-order valence-corrected chi connectivity index (χ0v) is 17.3. The van der Waals surface area contributed by atoms with Gasteiger partial charge in [0.15, 0.2) is 5.13 Å². The molecule has 0 bridgehead atoms. The van der Waals surface area contributed by atoms with Crippen molar-refractivity contribution in [1.29, 1.82) is 0 Å². The molecule has 2 atom stereocenters. The molecule has 1 aliphatic rings. The first kappa shape index (κ1) is 19.7. The number of nitrogens with two attached hydrogens (primary N) is 1. The van der Waals surface area contributed by atoms with Crippen molar-refractivity contribution >= 4 is 32.6 Å². The highest BCUT2D eigenvalue weighted by Crippen LogP contribution is 2.40. The molecule has 0 saturated heterocycles. The summed E-state index contributed by atoms with van der Waals surface area (Å²) < 4.78 is 12.6. The number of nitrogens with one attached hydrogen (secondary N) is 1. The average Bonchev–Trinajstić information content (AvgIpc) is 3.14. The molecule has 1 fully saturated rings. The van der Waals surface area contributed by atoms with Crippen LogP contribution < -0.4 is 20.5 Å². The fourth-order valence-electron chi connectivity index (χ4n) is 3.60. The number of hydrogen-bond acceptors (Lipinski definition) is 9. The van der Waals surface area contributed by atoms with Crippen molar-refractivity contribution in [3.63, 3.8) is 0 Å². The predicted octanol–water partition coefficient (Wildman–Crippen LogP) is 3.28. The van der Waals surface area contributed by atoms with Gasteiger partial charge in [0, 0.05) is 17.8 Å². The lowest BCUT2D eigenvalue weighted by Crippen LogP contribution is -2.36. The van der Waals surface area contributed by atoms with Crippen molar-refractivity contribution in [3.05, 3.63) is 29.6 Å². The number of methoxy groups -OCH3 is 1. The molecule has 8 nitrogen and oxygen atoms in total. The van der Waals surface area contributed by atoms with Crippen LogP contribution in [0.5, 0.6) is 11.5 Å². The number of nitrogens with zero attached hydrogens (tertiary/aromatic N) is 3. The van der Waals surface area contributed by atoms with Crippen molar-refractivity contribution in [2.24, 2.45) is 0 Å². The van der Waals surface area contributed by atoms with E-state index in [-0.39, 0.29) is 24.7 Å². The van der Waals surface area contributed by atoms with E-state index in [1.807, 2.05) is 13.0 Å². The SMILES string of the molecule is COc1cc(OCc2ccnc(N)n2)c(C)c2sc(N[C@H]3CCCC[C@@H]3O)nc12. The minimum atomic E-state index is -0.335. The molecule has 0 aliphatic heterocycles. The van der Waals surface area contributed by atoms with E-state index in [9.17, 15) is 5.11 Å². The maximum atomic E-state index is 10.3. The predicted molar refractivity (Wildman–Crippen MR) is 114 cm³/mol. The number of ether oxygens (including phenoxy) is 2. The third-order valence-electron chi connectivity index (χ3n) is 5.20. The van der Waals surface area contributed by atoms with Crippen LogP contribution >= 0.6 is 11.3 Å². The topological polar surface area (TPSA) is 115 Å². The standard InChI is InChI=1S/C20H25N5O3S/c1-11-15(28-10-12-7-8-22-19(21)23-12)9-16(27-2)17-18(11)29-20(25-17)24-13-5-3-4-6-14(13)26/h7-9,13-14,26H,3-6,10H2,1-2H3,(H,24,25)(H2,21,22,23)/t13-,14-/m0/s1. The molecular weight excluding hydrogens is 390 g/mol. The number of aromatic nitrogens is 3. The van der Waals surface area contributed by atoms with Gasteiger partial charge in [-0.15, -0.1) is 0 Å². The Bertz CT molecular complexity index is 1010. The molecule has 9 heteroatoms. The lowest BCUT2D eigenvalue weighted by molar-refractivity contribution is 0.116. The van der Waals surface area contributed by atoms with E-state index < -0.39 is 0 Å². The van der Waals surface area contributed by atoms with Crippen molar-refractivity contribution < 1.29 is 14.6 Å². The molecule has 154 valence electrons. The largest absolute Gasteiger partial charge is 0.494 e. The molecule has 4 N–H and O–H groups in total. The minimum absolute atomic E-state index is 0.0366. The van der Waals surface area contributed by atoms with Gasteiger partial charge in [0.05, 0.1) is 29.6 Å². The highest BCUT2D eigenvalue weighted by Gasteiger charge is 2.24. The molecule has 3 aromatic rings. The summed E-state index contributed by atoms with van der Waals surface area (Å²) in [5, 5.41) is 14.5. The number of nitrogen functional groups attached to an aromatic ring is 1. The summed E-state index contributed by atoms with van der Waals surface area (Å²) in [5.41, 5.74) is 8.12. The third-order valence-corrected chi connectivity index (χ3v) is 6.30. The monoisotopic (exact) mass is 415 g/mol. The van der Waals surface area contributed by atoms with E-state index in [0.29, 0.717) is 17.2 Å². The van der Waals surface area contributed by atoms with E-state index in [0.717, 1.165) is 46.6 Å². The Hall–Kier alpha value is -2.65. The fourth-order valence-corrected chi connectivity index (χ4v) is 4.64. The van der Waals surface area contributed by atoms with E-state index in [2.05, 4.69) is 15.3 Å². The minimum Gasteiger partial charge on any atom is -0.494 e. The first-order chi connectivity index (χ1) is 14.0. The van der Waals surface area contributed by atoms with Crippen LogP contribution in [-0.4, -0.2) is 39.3 Å². The second kappa shape index (κ2) is 8.38. The smallest absolute Gasteiger partial charge is 0.220 e. The van der Waals surface area contributed by atoms with Gasteiger partial charge in [-0.25, -0.2) is 15.0 Å². The van der Waals surface area contributed by atoms with Gasteiger partial charge in [-0.3, -0.25) is 0 Å². The number of hydrogen-bond donors (Lipinski definition) is 3. The van der Waals surface area contributed by atoms with Crippen molar-refractivity contribution in [2.75, 3.05) is 18.2 Å². The first-order valence-corrected chi connectivity index (χ1v) is 10.5. The van der Waals surface area contributed by atoms with Gasteiger partial charge in [0.2, 0.25) is 5.95 Å². The quantitative estimate of drug-likeness (QED) is 0.562. The number of rotatable bonds is 6. The summed E-state index contributed by atoms with van der Waals surface area (Å²) >= 11 is 1.55. The summed E-state index contributed by atoms with van der Waals surface area (Å²) in [6.45, 7) is 2.28. The molecule has 0 unspecified atom stereocenters. The zero-order valence-electron chi connectivity index (χ0n) is 16.5. The molecular formula is C20H25N5O3S. The molecule has 1 aliphatic carbocycles. The Morgan fingerprint density at radius 2 is 2.10 bits per heavy atom. The van der Waals surface area contributed by atoms with Gasteiger partial charge < -0.3 is 25.6 Å². The zero-order chi connectivity index (χ0) is 20.4. The number of thiazole rings is 1. The highest BCUT2D eigenvalue weighted by atomic mass is 32.1. The van der Waals surface area contributed by atoms with Crippen molar-refractivity contribution in [3.8, 4) is 11.5 Å². The van der Waals surface area contributed by atoms with Gasteiger partial charge in [0.25, 0.3) is 0 Å².